The number of benzene rings is 13. The van der Waals surface area contributed by atoms with Crippen LogP contribution in [-0.2, 0) is 21.7 Å². The molecule has 0 radical (unpaired) electrons. The SMILES string of the molecule is CC1(C)c2cc3c(cc2-c2cc4cc5ccccc5cc4cc21)C(C)(C)c1ccccc1N3c1ccc2cc3cc(N4c5ccccc5C(C)(C)c5cc6c(cc54)C(C)(C)c4cc5cc7ccccc7cc5cc4-6)ccc3cc2c1. The zero-order chi connectivity index (χ0) is 53.9. The molecule has 382 valence electrons. The summed E-state index contributed by atoms with van der Waals surface area (Å²) in [5.41, 5.74) is 22.9. The van der Waals surface area contributed by atoms with Crippen LogP contribution in [0.15, 0.2) is 218 Å². The third kappa shape index (κ3) is 6.09. The van der Waals surface area contributed by atoms with Gasteiger partial charge in [-0.15, -0.1) is 0 Å². The van der Waals surface area contributed by atoms with Crippen molar-refractivity contribution in [3.05, 3.63) is 263 Å². The lowest BCUT2D eigenvalue weighted by molar-refractivity contribution is 0.627. The molecule has 13 aromatic rings. The van der Waals surface area contributed by atoms with Gasteiger partial charge in [0.2, 0.25) is 0 Å². The quantitative estimate of drug-likeness (QED) is 0.159. The second-order valence-corrected chi connectivity index (χ2v) is 25.8. The smallest absolute Gasteiger partial charge is 0.0506 e. The van der Waals surface area contributed by atoms with E-state index in [0.717, 1.165) is 0 Å². The summed E-state index contributed by atoms with van der Waals surface area (Å²) in [6.07, 6.45) is 0. The van der Waals surface area contributed by atoms with Crippen molar-refractivity contribution in [3.8, 4) is 22.3 Å². The van der Waals surface area contributed by atoms with E-state index in [2.05, 4.69) is 284 Å². The van der Waals surface area contributed by atoms with Crippen molar-refractivity contribution in [2.24, 2.45) is 0 Å². The van der Waals surface area contributed by atoms with Crippen molar-refractivity contribution in [1.29, 1.82) is 0 Å². The van der Waals surface area contributed by atoms with E-state index in [-0.39, 0.29) is 21.7 Å². The third-order valence-corrected chi connectivity index (χ3v) is 20.0. The predicted octanol–water partition coefficient (Wildman–Crippen LogP) is 21.4. The van der Waals surface area contributed by atoms with Crippen LogP contribution in [-0.4, -0.2) is 0 Å². The Morgan fingerprint density at radius 3 is 0.875 bits per heavy atom. The van der Waals surface area contributed by atoms with Crippen molar-refractivity contribution in [3.63, 3.8) is 0 Å². The number of hydrogen-bond donors (Lipinski definition) is 0. The van der Waals surface area contributed by atoms with Crippen LogP contribution in [0.4, 0.5) is 34.1 Å². The second-order valence-electron chi connectivity index (χ2n) is 25.8. The Hall–Kier alpha value is -8.98. The predicted molar refractivity (Wildman–Crippen MR) is 340 cm³/mol. The zero-order valence-corrected chi connectivity index (χ0v) is 46.7. The van der Waals surface area contributed by atoms with Crippen molar-refractivity contribution < 1.29 is 0 Å². The minimum Gasteiger partial charge on any atom is -0.310 e. The molecule has 0 atom stereocenters. The van der Waals surface area contributed by atoms with Gasteiger partial charge >= 0.3 is 0 Å². The van der Waals surface area contributed by atoms with Gasteiger partial charge in [-0.1, -0.05) is 152 Å². The Kier molecular flexibility index (Phi) is 8.87. The van der Waals surface area contributed by atoms with Gasteiger partial charge in [0.25, 0.3) is 0 Å². The molecule has 0 saturated carbocycles. The van der Waals surface area contributed by atoms with Gasteiger partial charge < -0.3 is 9.80 Å². The maximum Gasteiger partial charge on any atom is 0.0506 e. The van der Waals surface area contributed by atoms with Crippen molar-refractivity contribution in [2.45, 2.75) is 77.0 Å². The lowest BCUT2D eigenvalue weighted by Gasteiger charge is -2.43. The Balaban J connectivity index is 0.785. The molecule has 0 amide bonds. The molecule has 80 heavy (non-hydrogen) atoms. The van der Waals surface area contributed by atoms with Gasteiger partial charge in [-0.25, -0.2) is 0 Å². The van der Waals surface area contributed by atoms with Crippen LogP contribution in [0.25, 0.3) is 86.9 Å². The number of anilines is 6. The Bertz CT molecular complexity index is 4650. The monoisotopic (exact) mass is 1020 g/mol. The van der Waals surface area contributed by atoms with Crippen LogP contribution < -0.4 is 9.80 Å². The lowest BCUT2D eigenvalue weighted by atomic mass is 9.71. The normalized spacial score (nSPS) is 16.4. The summed E-state index contributed by atoms with van der Waals surface area (Å²) in [4.78, 5) is 5.11. The minimum atomic E-state index is -0.223. The van der Waals surface area contributed by atoms with Crippen LogP contribution in [0, 0.1) is 0 Å². The maximum absolute atomic E-state index is 2.55. The van der Waals surface area contributed by atoms with Gasteiger partial charge in [-0.2, -0.15) is 0 Å². The first kappa shape index (κ1) is 46.0. The summed E-state index contributed by atoms with van der Waals surface area (Å²) in [6, 6.07) is 84.3. The topological polar surface area (TPSA) is 6.48 Å². The molecule has 0 saturated heterocycles. The number of fused-ring (bicyclic) bond motifs is 16. The van der Waals surface area contributed by atoms with Gasteiger partial charge in [0.1, 0.15) is 0 Å². The molecular weight excluding hydrogens is 965 g/mol. The highest BCUT2D eigenvalue weighted by molar-refractivity contribution is 6.07. The molecule has 2 nitrogen and oxygen atoms in total. The Morgan fingerprint density at radius 2 is 0.487 bits per heavy atom. The Labute approximate surface area is 468 Å². The highest BCUT2D eigenvalue weighted by Gasteiger charge is 2.45. The molecule has 0 N–H and O–H groups in total. The van der Waals surface area contributed by atoms with Gasteiger partial charge in [0, 0.05) is 33.0 Å². The standard InChI is InChI=1S/C78H60N2/c1-75(2)63-21-13-15-23-71(63)79(73-43-67-61(41-69(73)75)59-37-53-29-45-17-9-11-19-47(45)31-55(53)39-65(59)77(67,5)6)57-27-25-49-34-52-36-58(28-26-50(52)33-51(49)35-57)80-72-24-16-14-22-64(72)76(3,4)70-42-62-60-38-54-30-46-18-10-12-20-48(46)32-56(54)40-66(60)78(7,8)68(62)44-74(70)80/h9-44H,1-8H3. The van der Waals surface area contributed by atoms with E-state index < -0.39 is 0 Å². The van der Waals surface area contributed by atoms with Crippen LogP contribution >= 0.6 is 0 Å². The van der Waals surface area contributed by atoms with Crippen LogP contribution in [0.5, 0.6) is 0 Å². The molecule has 0 unspecified atom stereocenters. The van der Waals surface area contributed by atoms with Crippen LogP contribution in [0.3, 0.4) is 0 Å². The summed E-state index contributed by atoms with van der Waals surface area (Å²) in [7, 11) is 0. The fraction of sp³-hybridized carbons (Fsp3) is 0.154. The summed E-state index contributed by atoms with van der Waals surface area (Å²) in [5, 5.41) is 15.2. The first-order chi connectivity index (χ1) is 38.6. The first-order valence-corrected chi connectivity index (χ1v) is 28.7. The average Bonchev–Trinajstić information content (AvgIpc) is 3.98. The fourth-order valence-corrected chi connectivity index (χ4v) is 15.5. The van der Waals surface area contributed by atoms with E-state index >= 15 is 0 Å². The van der Waals surface area contributed by atoms with Gasteiger partial charge in [0.05, 0.1) is 22.7 Å². The van der Waals surface area contributed by atoms with Gasteiger partial charge in [0.15, 0.2) is 0 Å². The highest BCUT2D eigenvalue weighted by Crippen LogP contribution is 2.60. The molecular formula is C78H60N2. The number of hydrogen-bond acceptors (Lipinski definition) is 2. The molecule has 2 heteroatoms. The first-order valence-electron chi connectivity index (χ1n) is 28.7. The van der Waals surface area contributed by atoms with Crippen molar-refractivity contribution in [1.82, 2.24) is 0 Å². The third-order valence-electron chi connectivity index (χ3n) is 20.0. The molecule has 0 fully saturated rings. The van der Waals surface area contributed by atoms with E-state index in [1.165, 1.54) is 166 Å². The fourth-order valence-electron chi connectivity index (χ4n) is 15.5. The molecule has 2 heterocycles. The minimum absolute atomic E-state index is 0.184. The largest absolute Gasteiger partial charge is 0.310 e. The van der Waals surface area contributed by atoms with E-state index in [0.29, 0.717) is 0 Å². The van der Waals surface area contributed by atoms with Crippen LogP contribution in [0.1, 0.15) is 99.9 Å². The zero-order valence-electron chi connectivity index (χ0n) is 46.7. The van der Waals surface area contributed by atoms with Crippen molar-refractivity contribution in [2.75, 3.05) is 9.80 Å². The average molecular weight is 1030 g/mol. The van der Waals surface area contributed by atoms with E-state index in [1.807, 2.05) is 0 Å². The van der Waals surface area contributed by atoms with Gasteiger partial charge in [-0.3, -0.25) is 0 Å². The molecule has 17 rings (SSSR count). The van der Waals surface area contributed by atoms with Gasteiger partial charge in [-0.05, 0) is 253 Å². The van der Waals surface area contributed by atoms with E-state index in [9.17, 15) is 0 Å². The molecule has 2 aliphatic carbocycles. The maximum atomic E-state index is 2.55. The molecule has 4 aliphatic rings. The highest BCUT2D eigenvalue weighted by atomic mass is 15.2. The van der Waals surface area contributed by atoms with E-state index in [1.54, 1.807) is 0 Å². The second kappa shape index (κ2) is 15.4. The summed E-state index contributed by atoms with van der Waals surface area (Å²) >= 11 is 0. The molecule has 0 bridgehead atoms. The van der Waals surface area contributed by atoms with Crippen molar-refractivity contribution >= 4 is 98.8 Å². The molecule has 2 aliphatic heterocycles. The molecule has 13 aromatic carbocycles. The summed E-state index contributed by atoms with van der Waals surface area (Å²) < 4.78 is 0. The summed E-state index contributed by atoms with van der Waals surface area (Å²) in [5.74, 6) is 0. The number of nitrogens with zero attached hydrogens (tertiary/aromatic N) is 2. The molecule has 0 spiro atoms. The lowest BCUT2D eigenvalue weighted by Crippen LogP contribution is -2.31. The number of para-hydroxylation sites is 2. The molecule has 0 aromatic heterocycles. The number of rotatable bonds is 2. The van der Waals surface area contributed by atoms with E-state index in [4.69, 9.17) is 0 Å². The van der Waals surface area contributed by atoms with Crippen LogP contribution in [0.2, 0.25) is 0 Å². The Morgan fingerprint density at radius 1 is 0.200 bits per heavy atom. The summed E-state index contributed by atoms with van der Waals surface area (Å²) in [6.45, 7) is 19.4.